The van der Waals surface area contributed by atoms with Crippen LogP contribution < -0.4 is 0 Å². The predicted octanol–water partition coefficient (Wildman–Crippen LogP) is 3.61. The van der Waals surface area contributed by atoms with Crippen LogP contribution in [-0.2, 0) is 14.6 Å². The maximum absolute atomic E-state index is 12.3. The minimum atomic E-state index is -5.94. The van der Waals surface area contributed by atoms with E-state index in [1.807, 2.05) is 6.92 Å². The normalized spacial score (nSPS) is 14.1. The minimum Gasteiger partial charge on any atom is -0.291 e. The van der Waals surface area contributed by atoms with Crippen molar-refractivity contribution in [3.63, 3.8) is 0 Å². The van der Waals surface area contributed by atoms with E-state index in [0.717, 1.165) is 12.5 Å². The van der Waals surface area contributed by atoms with Crippen LogP contribution in [0.4, 0.5) is 22.0 Å². The van der Waals surface area contributed by atoms with E-state index in [2.05, 4.69) is 16.4 Å². The first-order chi connectivity index (χ1) is 8.15. The summed E-state index contributed by atoms with van der Waals surface area (Å²) in [5.74, 6) is -2.31. The highest BCUT2D eigenvalue weighted by molar-refractivity contribution is 5.73. The molecule has 0 radical (unpaired) electrons. The van der Waals surface area contributed by atoms with E-state index in [1.54, 1.807) is 0 Å². The molecular formula is C10H13F5O3. The van der Waals surface area contributed by atoms with Gasteiger partial charge < -0.3 is 0 Å². The molecule has 0 aliphatic carbocycles. The van der Waals surface area contributed by atoms with Gasteiger partial charge in [-0.1, -0.05) is 30.7 Å². The number of rotatable bonds is 7. The van der Waals surface area contributed by atoms with Crippen molar-refractivity contribution in [2.24, 2.45) is 5.92 Å². The van der Waals surface area contributed by atoms with E-state index < -0.39 is 24.2 Å². The predicted molar refractivity (Wildman–Crippen MR) is 51.4 cm³/mol. The molecule has 0 aromatic rings. The number of carbonyl (C=O) groups excluding carboxylic acids is 1. The summed E-state index contributed by atoms with van der Waals surface area (Å²) in [6.07, 6.45) is -8.84. The molecular weight excluding hydrogens is 263 g/mol. The highest BCUT2D eigenvalue weighted by atomic mass is 19.4. The summed E-state index contributed by atoms with van der Waals surface area (Å²) in [4.78, 5) is 17.5. The first-order valence-corrected chi connectivity index (χ1v) is 5.12. The minimum absolute atomic E-state index is 0.236. The van der Waals surface area contributed by atoms with E-state index >= 15 is 0 Å². The van der Waals surface area contributed by atoms with Crippen LogP contribution in [-0.4, -0.2) is 18.3 Å². The summed E-state index contributed by atoms with van der Waals surface area (Å²) in [5, 5.41) is 0. The molecule has 0 amide bonds. The van der Waals surface area contributed by atoms with E-state index in [9.17, 15) is 26.7 Å². The number of unbranched alkanes of at least 4 members (excludes halogenated alkanes) is 1. The molecule has 0 aromatic heterocycles. The van der Waals surface area contributed by atoms with E-state index in [-0.39, 0.29) is 6.42 Å². The summed E-state index contributed by atoms with van der Waals surface area (Å²) in [6, 6.07) is 0. The Labute approximate surface area is 100 Å². The molecule has 0 bridgehead atoms. The van der Waals surface area contributed by atoms with E-state index in [0.29, 0.717) is 6.42 Å². The number of halogens is 5. The SMILES string of the molecule is C=CC(CCCC)C(=O)OOC(F)(F)C(F)(F)F. The molecule has 0 heterocycles. The Morgan fingerprint density at radius 2 is 1.89 bits per heavy atom. The molecule has 1 unspecified atom stereocenters. The van der Waals surface area contributed by atoms with Crippen molar-refractivity contribution in [2.45, 2.75) is 38.5 Å². The third kappa shape index (κ3) is 4.99. The lowest BCUT2D eigenvalue weighted by atomic mass is 10.0. The molecule has 0 rings (SSSR count). The van der Waals surface area contributed by atoms with Crippen molar-refractivity contribution >= 4 is 5.97 Å². The number of hydrogen-bond acceptors (Lipinski definition) is 3. The zero-order valence-corrected chi connectivity index (χ0v) is 9.60. The summed E-state index contributed by atoms with van der Waals surface area (Å²) < 4.78 is 59.6. The smallest absolute Gasteiger partial charge is 0.291 e. The Kier molecular flexibility index (Phi) is 6.23. The first kappa shape index (κ1) is 16.8. The fraction of sp³-hybridized carbons (Fsp3) is 0.700. The van der Waals surface area contributed by atoms with E-state index in [4.69, 9.17) is 0 Å². The standard InChI is InChI=1S/C10H13F5O3/c1-3-5-6-7(4-2)8(16)17-18-10(14,15)9(11,12)13/h4,7H,2-3,5-6H2,1H3. The Bertz CT molecular complexity index is 288. The highest BCUT2D eigenvalue weighted by Crippen LogP contribution is 2.36. The van der Waals surface area contributed by atoms with Gasteiger partial charge in [-0.15, -0.1) is 6.58 Å². The molecule has 0 spiro atoms. The van der Waals surface area contributed by atoms with Gasteiger partial charge in [0.1, 0.15) is 0 Å². The monoisotopic (exact) mass is 276 g/mol. The van der Waals surface area contributed by atoms with Gasteiger partial charge in [-0.05, 0) is 6.42 Å². The van der Waals surface area contributed by atoms with Crippen molar-refractivity contribution in [3.8, 4) is 0 Å². The van der Waals surface area contributed by atoms with Crippen LogP contribution in [0.5, 0.6) is 0 Å². The lowest BCUT2D eigenvalue weighted by molar-refractivity contribution is -0.487. The van der Waals surface area contributed by atoms with Gasteiger partial charge in [0.25, 0.3) is 0 Å². The van der Waals surface area contributed by atoms with Crippen molar-refractivity contribution < 1.29 is 36.5 Å². The average Bonchev–Trinajstić information content (AvgIpc) is 2.26. The zero-order chi connectivity index (χ0) is 14.4. The molecule has 0 saturated heterocycles. The van der Waals surface area contributed by atoms with Gasteiger partial charge in [0.05, 0.1) is 5.92 Å². The second-order valence-electron chi connectivity index (χ2n) is 3.48. The quantitative estimate of drug-likeness (QED) is 0.308. The second-order valence-corrected chi connectivity index (χ2v) is 3.48. The van der Waals surface area contributed by atoms with Gasteiger partial charge in [0.15, 0.2) is 0 Å². The van der Waals surface area contributed by atoms with Gasteiger partial charge >= 0.3 is 18.3 Å². The van der Waals surface area contributed by atoms with Crippen molar-refractivity contribution in [3.05, 3.63) is 12.7 Å². The fourth-order valence-corrected chi connectivity index (χ4v) is 0.958. The number of hydrogen-bond donors (Lipinski definition) is 0. The van der Waals surface area contributed by atoms with Crippen molar-refractivity contribution in [1.29, 1.82) is 0 Å². The summed E-state index contributed by atoms with van der Waals surface area (Å²) >= 11 is 0. The molecule has 0 aliphatic heterocycles. The van der Waals surface area contributed by atoms with Crippen molar-refractivity contribution in [2.75, 3.05) is 0 Å². The van der Waals surface area contributed by atoms with Crippen LogP contribution in [0.3, 0.4) is 0 Å². The van der Waals surface area contributed by atoms with Crippen LogP contribution in [0, 0.1) is 5.92 Å². The van der Waals surface area contributed by atoms with Gasteiger partial charge in [-0.25, -0.2) is 4.79 Å². The molecule has 0 N–H and O–H groups in total. The maximum Gasteiger partial charge on any atom is 0.488 e. The second kappa shape index (κ2) is 6.67. The summed E-state index contributed by atoms with van der Waals surface area (Å²) in [5.41, 5.74) is 0. The summed E-state index contributed by atoms with van der Waals surface area (Å²) in [7, 11) is 0. The fourth-order valence-electron chi connectivity index (χ4n) is 0.958. The van der Waals surface area contributed by atoms with Crippen LogP contribution in [0.15, 0.2) is 12.7 Å². The Morgan fingerprint density at radius 3 is 2.28 bits per heavy atom. The Balaban J connectivity index is 4.36. The molecule has 3 nitrogen and oxygen atoms in total. The third-order valence-corrected chi connectivity index (χ3v) is 2.01. The van der Waals surface area contributed by atoms with Gasteiger partial charge in [-0.3, -0.25) is 4.89 Å². The lowest BCUT2D eigenvalue weighted by Gasteiger charge is -2.18. The molecule has 18 heavy (non-hydrogen) atoms. The maximum atomic E-state index is 12.3. The average molecular weight is 276 g/mol. The lowest BCUT2D eigenvalue weighted by Crippen LogP contribution is -2.40. The topological polar surface area (TPSA) is 35.5 Å². The first-order valence-electron chi connectivity index (χ1n) is 5.12. The summed E-state index contributed by atoms with van der Waals surface area (Å²) in [6.45, 7) is 5.08. The molecule has 1 atom stereocenters. The highest BCUT2D eigenvalue weighted by Gasteiger charge is 2.61. The molecule has 0 aliphatic rings. The van der Waals surface area contributed by atoms with Gasteiger partial charge in [0.2, 0.25) is 0 Å². The molecule has 8 heteroatoms. The Hall–Kier alpha value is -1.18. The van der Waals surface area contributed by atoms with Crippen LogP contribution in [0.2, 0.25) is 0 Å². The van der Waals surface area contributed by atoms with Gasteiger partial charge in [0, 0.05) is 0 Å². The molecule has 0 saturated carbocycles. The number of carbonyl (C=O) groups is 1. The zero-order valence-electron chi connectivity index (χ0n) is 9.60. The van der Waals surface area contributed by atoms with Gasteiger partial charge in [-0.2, -0.15) is 22.0 Å². The number of alkyl halides is 5. The van der Waals surface area contributed by atoms with Crippen molar-refractivity contribution in [1.82, 2.24) is 0 Å². The molecule has 106 valence electrons. The molecule has 0 aromatic carbocycles. The Morgan fingerprint density at radius 1 is 1.33 bits per heavy atom. The van der Waals surface area contributed by atoms with Crippen LogP contribution in [0.25, 0.3) is 0 Å². The van der Waals surface area contributed by atoms with E-state index in [1.165, 1.54) is 0 Å². The molecule has 0 fully saturated rings. The van der Waals surface area contributed by atoms with Crippen LogP contribution in [0.1, 0.15) is 26.2 Å². The van der Waals surface area contributed by atoms with Crippen LogP contribution >= 0.6 is 0 Å². The third-order valence-electron chi connectivity index (χ3n) is 2.01. The largest absolute Gasteiger partial charge is 0.488 e.